The van der Waals surface area contributed by atoms with Crippen LogP contribution in [0.1, 0.15) is 10.4 Å². The summed E-state index contributed by atoms with van der Waals surface area (Å²) in [5, 5.41) is 6.43. The summed E-state index contributed by atoms with van der Waals surface area (Å²) >= 11 is 5.99. The minimum absolute atomic E-state index is 0.193. The lowest BCUT2D eigenvalue weighted by Crippen LogP contribution is -2.26. The van der Waals surface area contributed by atoms with Crippen molar-refractivity contribution in [1.82, 2.24) is 10.3 Å². The predicted molar refractivity (Wildman–Crippen MR) is 89.7 cm³/mol. The second-order valence-electron chi connectivity index (χ2n) is 4.65. The average Bonchev–Trinajstić information content (AvgIpc) is 2.56. The number of hydrogen-bond donors (Lipinski definition) is 2. The summed E-state index contributed by atoms with van der Waals surface area (Å²) in [6, 6.07) is 8.66. The van der Waals surface area contributed by atoms with E-state index in [1.165, 1.54) is 6.20 Å². The number of hydrogen-bond acceptors (Lipinski definition) is 5. The van der Waals surface area contributed by atoms with Crippen LogP contribution in [-0.2, 0) is 4.74 Å². The second-order valence-corrected chi connectivity index (χ2v) is 5.09. The second kappa shape index (κ2) is 8.36. The number of pyridine rings is 1. The molecule has 1 aromatic heterocycles. The number of carbonyl (C=O) groups is 1. The molecule has 2 aromatic rings. The third-order valence-corrected chi connectivity index (χ3v) is 3.28. The first-order valence-electron chi connectivity index (χ1n) is 6.98. The van der Waals surface area contributed by atoms with E-state index in [1.54, 1.807) is 44.6 Å². The Kier molecular flexibility index (Phi) is 6.19. The first kappa shape index (κ1) is 17.1. The number of nitrogens with zero attached hydrogens (tertiary/aromatic N) is 1. The molecule has 0 spiro atoms. The highest BCUT2D eigenvalue weighted by atomic mass is 35.5. The first-order valence-corrected chi connectivity index (χ1v) is 7.35. The van der Waals surface area contributed by atoms with Gasteiger partial charge in [-0.2, -0.15) is 0 Å². The van der Waals surface area contributed by atoms with E-state index in [0.29, 0.717) is 41.0 Å². The molecule has 0 aliphatic rings. The fraction of sp³-hybridized carbons (Fsp3) is 0.250. The maximum absolute atomic E-state index is 11.9. The van der Waals surface area contributed by atoms with Crippen LogP contribution in [0.3, 0.4) is 0 Å². The van der Waals surface area contributed by atoms with Gasteiger partial charge < -0.3 is 20.1 Å². The molecule has 0 atom stereocenters. The van der Waals surface area contributed by atoms with Gasteiger partial charge in [-0.1, -0.05) is 11.6 Å². The topological polar surface area (TPSA) is 72.5 Å². The van der Waals surface area contributed by atoms with Crippen molar-refractivity contribution in [3.05, 3.63) is 47.1 Å². The molecule has 0 fully saturated rings. The van der Waals surface area contributed by atoms with Gasteiger partial charge in [-0.05, 0) is 30.3 Å². The zero-order chi connectivity index (χ0) is 16.7. The van der Waals surface area contributed by atoms with E-state index in [4.69, 9.17) is 21.1 Å². The van der Waals surface area contributed by atoms with Gasteiger partial charge in [0.2, 0.25) is 0 Å². The highest BCUT2D eigenvalue weighted by molar-refractivity contribution is 6.31. The molecule has 7 heteroatoms. The maximum atomic E-state index is 11.9. The number of anilines is 2. The van der Waals surface area contributed by atoms with Crippen LogP contribution in [0, 0.1) is 0 Å². The molecule has 6 nitrogen and oxygen atoms in total. The Labute approximate surface area is 139 Å². The highest BCUT2D eigenvalue weighted by Crippen LogP contribution is 2.29. The molecule has 23 heavy (non-hydrogen) atoms. The molecule has 0 unspecified atom stereocenters. The predicted octanol–water partition coefficient (Wildman–Crippen LogP) is 2.86. The van der Waals surface area contributed by atoms with Crippen molar-refractivity contribution >= 4 is 29.0 Å². The minimum atomic E-state index is -0.193. The Hall–Kier alpha value is -2.31. The molecule has 1 amide bonds. The fourth-order valence-corrected chi connectivity index (χ4v) is 2.06. The molecule has 2 N–H and O–H groups in total. The van der Waals surface area contributed by atoms with Crippen LogP contribution in [0.15, 0.2) is 36.5 Å². The van der Waals surface area contributed by atoms with Crippen LogP contribution in [-0.4, -0.2) is 38.3 Å². The van der Waals surface area contributed by atoms with Crippen LogP contribution in [0.2, 0.25) is 5.02 Å². The Balaban J connectivity index is 2.05. The molecule has 0 radical (unpaired) electrons. The monoisotopic (exact) mass is 335 g/mol. The van der Waals surface area contributed by atoms with Gasteiger partial charge in [0.15, 0.2) is 0 Å². The molecule has 1 heterocycles. The van der Waals surface area contributed by atoms with E-state index in [2.05, 4.69) is 15.6 Å². The van der Waals surface area contributed by atoms with Gasteiger partial charge in [0, 0.05) is 24.9 Å². The zero-order valence-corrected chi connectivity index (χ0v) is 13.7. The van der Waals surface area contributed by atoms with E-state index < -0.39 is 0 Å². The number of aromatic nitrogens is 1. The largest absolute Gasteiger partial charge is 0.495 e. The Morgan fingerprint density at radius 2 is 2.09 bits per heavy atom. The highest BCUT2D eigenvalue weighted by Gasteiger charge is 2.08. The summed E-state index contributed by atoms with van der Waals surface area (Å²) in [5.41, 5.74) is 1.18. The quantitative estimate of drug-likeness (QED) is 0.761. The third-order valence-electron chi connectivity index (χ3n) is 3.04. The molecule has 0 aliphatic heterocycles. The molecule has 2 rings (SSSR count). The van der Waals surface area contributed by atoms with Gasteiger partial charge in [0.1, 0.15) is 11.6 Å². The molecular formula is C16H18ClN3O3. The number of nitrogens with one attached hydrogen (secondary N) is 2. The molecule has 1 aromatic carbocycles. The summed E-state index contributed by atoms with van der Waals surface area (Å²) in [6.07, 6.45) is 1.50. The lowest BCUT2D eigenvalue weighted by atomic mass is 10.2. The number of benzene rings is 1. The van der Waals surface area contributed by atoms with Gasteiger partial charge in [-0.15, -0.1) is 0 Å². The van der Waals surface area contributed by atoms with Crippen LogP contribution in [0.5, 0.6) is 5.75 Å². The Bertz CT molecular complexity index is 662. The number of rotatable bonds is 7. The zero-order valence-electron chi connectivity index (χ0n) is 12.9. The fourth-order valence-electron chi connectivity index (χ4n) is 1.89. The minimum Gasteiger partial charge on any atom is -0.495 e. The molecule has 0 saturated carbocycles. The van der Waals surface area contributed by atoms with Gasteiger partial charge >= 0.3 is 0 Å². The molecule has 0 bridgehead atoms. The van der Waals surface area contributed by atoms with Crippen molar-refractivity contribution < 1.29 is 14.3 Å². The van der Waals surface area contributed by atoms with Crippen molar-refractivity contribution in [2.75, 3.05) is 32.7 Å². The Morgan fingerprint density at radius 1 is 1.26 bits per heavy atom. The van der Waals surface area contributed by atoms with E-state index in [-0.39, 0.29) is 5.91 Å². The summed E-state index contributed by atoms with van der Waals surface area (Å²) < 4.78 is 10.1. The lowest BCUT2D eigenvalue weighted by molar-refractivity contribution is 0.0937. The maximum Gasteiger partial charge on any atom is 0.252 e. The normalized spacial score (nSPS) is 10.2. The lowest BCUT2D eigenvalue weighted by Gasteiger charge is -2.11. The molecule has 0 aliphatic carbocycles. The van der Waals surface area contributed by atoms with Crippen molar-refractivity contribution in [3.63, 3.8) is 0 Å². The SMILES string of the molecule is COCCNC(=O)c1ccc(Nc2cc(Cl)ccc2OC)nc1. The summed E-state index contributed by atoms with van der Waals surface area (Å²) in [4.78, 5) is 16.1. The van der Waals surface area contributed by atoms with Gasteiger partial charge in [0.25, 0.3) is 5.91 Å². The average molecular weight is 336 g/mol. The number of methoxy groups -OCH3 is 2. The summed E-state index contributed by atoms with van der Waals surface area (Å²) in [5.74, 6) is 1.04. The summed E-state index contributed by atoms with van der Waals surface area (Å²) in [6.45, 7) is 0.919. The molecular weight excluding hydrogens is 318 g/mol. The van der Waals surface area contributed by atoms with Crippen LogP contribution >= 0.6 is 11.6 Å². The van der Waals surface area contributed by atoms with Crippen LogP contribution in [0.25, 0.3) is 0 Å². The van der Waals surface area contributed by atoms with Crippen LogP contribution in [0.4, 0.5) is 11.5 Å². The third kappa shape index (κ3) is 4.84. The number of halogens is 1. The van der Waals surface area contributed by atoms with Crippen molar-refractivity contribution in [3.8, 4) is 5.75 Å². The summed E-state index contributed by atoms with van der Waals surface area (Å²) in [7, 11) is 3.16. The number of carbonyl (C=O) groups excluding carboxylic acids is 1. The Morgan fingerprint density at radius 3 is 2.74 bits per heavy atom. The van der Waals surface area contributed by atoms with E-state index >= 15 is 0 Å². The van der Waals surface area contributed by atoms with Crippen LogP contribution < -0.4 is 15.4 Å². The van der Waals surface area contributed by atoms with Crippen molar-refractivity contribution in [2.45, 2.75) is 0 Å². The molecule has 122 valence electrons. The van der Waals surface area contributed by atoms with E-state index in [1.807, 2.05) is 0 Å². The number of amides is 1. The first-order chi connectivity index (χ1) is 11.1. The number of ether oxygens (including phenoxy) is 2. The van der Waals surface area contributed by atoms with Crippen molar-refractivity contribution in [1.29, 1.82) is 0 Å². The van der Waals surface area contributed by atoms with Gasteiger partial charge in [0.05, 0.1) is 25.0 Å². The standard InChI is InChI=1S/C16H18ClN3O3/c1-22-8-7-18-16(21)11-3-6-15(19-10-11)20-13-9-12(17)4-5-14(13)23-2/h3-6,9-10H,7-8H2,1-2H3,(H,18,21)(H,19,20). The molecule has 0 saturated heterocycles. The smallest absolute Gasteiger partial charge is 0.252 e. The van der Waals surface area contributed by atoms with Gasteiger partial charge in [-0.3, -0.25) is 4.79 Å². The van der Waals surface area contributed by atoms with Gasteiger partial charge in [-0.25, -0.2) is 4.98 Å². The van der Waals surface area contributed by atoms with Crippen molar-refractivity contribution in [2.24, 2.45) is 0 Å². The van der Waals surface area contributed by atoms with E-state index in [9.17, 15) is 4.79 Å². The van der Waals surface area contributed by atoms with E-state index in [0.717, 1.165) is 0 Å².